The Labute approximate surface area is 129 Å². The minimum Gasteiger partial charge on any atom is -0.396 e. The van der Waals surface area contributed by atoms with E-state index in [2.05, 4.69) is 20.3 Å². The third-order valence-electron chi connectivity index (χ3n) is 3.39. The molecule has 0 radical (unpaired) electrons. The summed E-state index contributed by atoms with van der Waals surface area (Å²) in [5.74, 6) is 1.15. The molecule has 3 heterocycles. The van der Waals surface area contributed by atoms with E-state index < -0.39 is 24.5 Å². The molecule has 0 unspecified atom stereocenters. The standard InChI is InChI=1S/C11H16N6O4S/c12-9-6-10(14-4-13-9)17(16-15-6)11-8(20)7(19)5(21-11)3-22-2-1-18/h4-5,7-8,11,18-20H,1-3H2,(H2,12,13,14)/t5-,7-,8-,11-/m1/s1. The van der Waals surface area contributed by atoms with Crippen LogP contribution in [0.4, 0.5) is 5.82 Å². The Morgan fingerprint density at radius 2 is 2.14 bits per heavy atom. The summed E-state index contributed by atoms with van der Waals surface area (Å²) < 4.78 is 6.97. The van der Waals surface area contributed by atoms with Crippen LogP contribution >= 0.6 is 11.8 Å². The second-order valence-corrected chi connectivity index (χ2v) is 5.96. The number of nitrogens with two attached hydrogens (primary N) is 1. The maximum atomic E-state index is 10.2. The normalized spacial score (nSPS) is 28.5. The number of nitrogens with zero attached hydrogens (tertiary/aromatic N) is 5. The molecule has 2 aromatic rings. The highest BCUT2D eigenvalue weighted by Crippen LogP contribution is 2.32. The fourth-order valence-corrected chi connectivity index (χ4v) is 3.09. The molecular weight excluding hydrogens is 312 g/mol. The van der Waals surface area contributed by atoms with Crippen LogP contribution in [0.3, 0.4) is 0 Å². The minimum atomic E-state index is -1.17. The highest BCUT2D eigenvalue weighted by molar-refractivity contribution is 7.99. The van der Waals surface area contributed by atoms with Crippen LogP contribution < -0.4 is 5.73 Å². The summed E-state index contributed by atoms with van der Waals surface area (Å²) in [7, 11) is 0. The molecule has 11 heteroatoms. The van der Waals surface area contributed by atoms with E-state index in [-0.39, 0.29) is 12.4 Å². The van der Waals surface area contributed by atoms with Crippen molar-refractivity contribution in [2.24, 2.45) is 0 Å². The Morgan fingerprint density at radius 1 is 1.32 bits per heavy atom. The number of aliphatic hydroxyl groups is 3. The lowest BCUT2D eigenvalue weighted by Gasteiger charge is -2.14. The van der Waals surface area contributed by atoms with Crippen LogP contribution in [0.25, 0.3) is 11.2 Å². The fraction of sp³-hybridized carbons (Fsp3) is 0.636. The van der Waals surface area contributed by atoms with Gasteiger partial charge in [-0.15, -0.1) is 5.10 Å². The molecule has 3 rings (SSSR count). The summed E-state index contributed by atoms with van der Waals surface area (Å²) in [6, 6.07) is 0. The van der Waals surface area contributed by atoms with Gasteiger partial charge in [0.1, 0.15) is 18.5 Å². The van der Waals surface area contributed by atoms with Gasteiger partial charge in [0.05, 0.1) is 12.7 Å². The Bertz CT molecular complexity index is 655. The first-order valence-corrected chi connectivity index (χ1v) is 7.80. The molecule has 10 nitrogen and oxygen atoms in total. The van der Waals surface area contributed by atoms with E-state index in [1.807, 2.05) is 0 Å². The number of ether oxygens (including phenoxy) is 1. The van der Waals surface area contributed by atoms with E-state index in [0.29, 0.717) is 22.7 Å². The van der Waals surface area contributed by atoms with Gasteiger partial charge in [-0.25, -0.2) is 9.97 Å². The maximum absolute atomic E-state index is 10.2. The quantitative estimate of drug-likeness (QED) is 0.460. The zero-order valence-electron chi connectivity index (χ0n) is 11.5. The molecule has 1 aliphatic heterocycles. The number of aliphatic hydroxyl groups excluding tert-OH is 3. The van der Waals surface area contributed by atoms with Gasteiger partial charge in [0, 0.05) is 11.5 Å². The summed E-state index contributed by atoms with van der Waals surface area (Å²) in [6.07, 6.45) is -2.44. The summed E-state index contributed by atoms with van der Waals surface area (Å²) >= 11 is 1.42. The van der Waals surface area contributed by atoms with Gasteiger partial charge in [-0.05, 0) is 0 Å². The predicted molar refractivity (Wildman–Crippen MR) is 77.9 cm³/mol. The number of nitrogen functional groups attached to an aromatic ring is 1. The lowest BCUT2D eigenvalue weighted by atomic mass is 10.1. The van der Waals surface area contributed by atoms with Crippen molar-refractivity contribution in [1.29, 1.82) is 0 Å². The number of aromatic nitrogens is 5. The number of rotatable bonds is 5. The fourth-order valence-electron chi connectivity index (χ4n) is 2.29. The van der Waals surface area contributed by atoms with Gasteiger partial charge >= 0.3 is 0 Å². The van der Waals surface area contributed by atoms with Crippen molar-refractivity contribution >= 4 is 28.7 Å². The van der Waals surface area contributed by atoms with E-state index in [9.17, 15) is 10.2 Å². The third kappa shape index (κ3) is 2.61. The van der Waals surface area contributed by atoms with Gasteiger partial charge in [0.25, 0.3) is 0 Å². The molecule has 1 fully saturated rings. The summed E-state index contributed by atoms with van der Waals surface area (Å²) in [5, 5.41) is 36.8. The average Bonchev–Trinajstić information content (AvgIpc) is 3.05. The molecule has 0 bridgehead atoms. The third-order valence-corrected chi connectivity index (χ3v) is 4.42. The summed E-state index contributed by atoms with van der Waals surface area (Å²) in [5.41, 5.74) is 6.33. The molecule has 120 valence electrons. The van der Waals surface area contributed by atoms with Gasteiger partial charge < -0.3 is 25.8 Å². The lowest BCUT2D eigenvalue weighted by Crippen LogP contribution is -2.33. The van der Waals surface area contributed by atoms with Gasteiger partial charge in [0.15, 0.2) is 23.2 Å². The SMILES string of the molecule is Nc1ncnc2c1nnn2[C@@H]1O[C@H](CSCCO)[C@@H](O)[C@H]1O. The van der Waals surface area contributed by atoms with Crippen molar-refractivity contribution in [2.45, 2.75) is 24.5 Å². The monoisotopic (exact) mass is 328 g/mol. The first-order valence-electron chi connectivity index (χ1n) is 6.65. The number of hydrogen-bond acceptors (Lipinski definition) is 10. The maximum Gasteiger partial charge on any atom is 0.186 e. The van der Waals surface area contributed by atoms with Gasteiger partial charge in [-0.3, -0.25) is 0 Å². The van der Waals surface area contributed by atoms with Crippen molar-refractivity contribution in [3.8, 4) is 0 Å². The molecule has 0 amide bonds. The molecule has 2 aromatic heterocycles. The lowest BCUT2D eigenvalue weighted by molar-refractivity contribution is -0.0372. The Hall–Kier alpha value is -1.53. The zero-order valence-corrected chi connectivity index (χ0v) is 12.3. The summed E-state index contributed by atoms with van der Waals surface area (Å²) in [4.78, 5) is 7.86. The van der Waals surface area contributed by atoms with Crippen LogP contribution in [0.5, 0.6) is 0 Å². The van der Waals surface area contributed by atoms with E-state index in [0.717, 1.165) is 0 Å². The molecule has 22 heavy (non-hydrogen) atoms. The van der Waals surface area contributed by atoms with Crippen molar-refractivity contribution in [2.75, 3.05) is 23.8 Å². The van der Waals surface area contributed by atoms with Crippen molar-refractivity contribution in [3.63, 3.8) is 0 Å². The first-order chi connectivity index (χ1) is 10.6. The first kappa shape index (κ1) is 15.4. The molecule has 5 N–H and O–H groups in total. The van der Waals surface area contributed by atoms with Crippen LogP contribution in [0.1, 0.15) is 6.23 Å². The average molecular weight is 328 g/mol. The summed E-state index contributed by atoms with van der Waals surface area (Å²) in [6.45, 7) is 0.0450. The Balaban J connectivity index is 1.83. The van der Waals surface area contributed by atoms with E-state index >= 15 is 0 Å². The van der Waals surface area contributed by atoms with Gasteiger partial charge in [0.2, 0.25) is 0 Å². The van der Waals surface area contributed by atoms with Crippen molar-refractivity contribution < 1.29 is 20.1 Å². The second-order valence-electron chi connectivity index (χ2n) is 4.81. The second kappa shape index (κ2) is 6.30. The molecule has 1 aliphatic rings. The van der Waals surface area contributed by atoms with Crippen LogP contribution in [0.15, 0.2) is 6.33 Å². The van der Waals surface area contributed by atoms with Crippen LogP contribution in [-0.4, -0.2) is 76.7 Å². The van der Waals surface area contributed by atoms with Crippen molar-refractivity contribution in [1.82, 2.24) is 25.0 Å². The molecule has 0 aliphatic carbocycles. The minimum absolute atomic E-state index is 0.0450. The van der Waals surface area contributed by atoms with Crippen LogP contribution in [0.2, 0.25) is 0 Å². The van der Waals surface area contributed by atoms with Crippen LogP contribution in [0, 0.1) is 0 Å². The zero-order chi connectivity index (χ0) is 15.7. The topological polar surface area (TPSA) is 152 Å². The van der Waals surface area contributed by atoms with Gasteiger partial charge in [-0.1, -0.05) is 5.21 Å². The molecule has 4 atom stereocenters. The smallest absolute Gasteiger partial charge is 0.186 e. The molecular formula is C11H16N6O4S. The number of thioether (sulfide) groups is 1. The number of anilines is 1. The molecule has 0 aromatic carbocycles. The van der Waals surface area contributed by atoms with E-state index in [4.69, 9.17) is 15.6 Å². The van der Waals surface area contributed by atoms with Gasteiger partial charge in [-0.2, -0.15) is 16.4 Å². The Kier molecular flexibility index (Phi) is 4.40. The van der Waals surface area contributed by atoms with Crippen LogP contribution in [-0.2, 0) is 4.74 Å². The Morgan fingerprint density at radius 3 is 2.91 bits per heavy atom. The number of fused-ring (bicyclic) bond motifs is 1. The predicted octanol–water partition coefficient (Wildman–Crippen LogP) is -1.85. The molecule has 0 spiro atoms. The van der Waals surface area contributed by atoms with Crippen molar-refractivity contribution in [3.05, 3.63) is 6.33 Å². The van der Waals surface area contributed by atoms with E-state index in [1.54, 1.807) is 0 Å². The molecule has 0 saturated carbocycles. The number of hydrogen-bond donors (Lipinski definition) is 4. The van der Waals surface area contributed by atoms with E-state index in [1.165, 1.54) is 22.8 Å². The largest absolute Gasteiger partial charge is 0.396 e. The molecule has 1 saturated heterocycles. The highest BCUT2D eigenvalue weighted by atomic mass is 32.2. The highest BCUT2D eigenvalue weighted by Gasteiger charge is 2.44.